The lowest BCUT2D eigenvalue weighted by molar-refractivity contribution is -0.0445. The SMILES string of the molecule is C[Si](C)(C)CCOCn1nc(C=O)cc1C(O)c1ccnn1-c1ccc(F)cc1C1OCCO1.C[Si](C)(C)CCOCn1nc(C=O)cc1C=O.Fc1ccc(-n2cccn2)c(C2OCCO2)c1. The highest BCUT2D eigenvalue weighted by Crippen LogP contribution is 2.33. The summed E-state index contributed by atoms with van der Waals surface area (Å²) in [6.45, 7) is 17.0. The van der Waals surface area contributed by atoms with Gasteiger partial charge in [-0.2, -0.15) is 20.4 Å². The number of aliphatic hydroxyl groups excluding tert-OH is 1. The van der Waals surface area contributed by atoms with Gasteiger partial charge in [0.2, 0.25) is 0 Å². The second kappa shape index (κ2) is 24.0. The van der Waals surface area contributed by atoms with Crippen molar-refractivity contribution in [2.24, 2.45) is 0 Å². The van der Waals surface area contributed by atoms with Crippen LogP contribution in [-0.2, 0) is 41.9 Å². The summed E-state index contributed by atoms with van der Waals surface area (Å²) >= 11 is 0. The Bertz CT molecular complexity index is 2560. The minimum Gasteiger partial charge on any atom is -0.380 e. The standard InChI is InChI=1S/C23H29FN4O5Si.C12H11FN2O2.C11H18N2O3Si/c1-34(2,3)11-10-31-15-27-21(13-17(14-29)26-27)22(30)20-6-7-25-28(20)19-5-4-16(24)12-18(19)23-32-8-9-33-23;13-9-2-3-11(15-5-1-4-14-15)10(8-9)12-16-6-7-17-12;1-17(2,3)5-4-16-9-13-11(8-15)6-10(7-14)12-13/h4-7,12-14,22-23,30H,8-11,15H2,1-3H3;1-5,8,12H,6-7H2;6-8H,4-5,9H2,1-3H3. The minimum absolute atomic E-state index is 0.102. The van der Waals surface area contributed by atoms with Crippen LogP contribution in [0.25, 0.3) is 11.4 Å². The maximum absolute atomic E-state index is 14.0. The molecule has 0 bridgehead atoms. The number of rotatable bonds is 19. The van der Waals surface area contributed by atoms with Crippen molar-refractivity contribution in [2.75, 3.05) is 39.6 Å². The lowest BCUT2D eigenvalue weighted by Gasteiger charge is -2.19. The van der Waals surface area contributed by atoms with E-state index in [1.807, 2.05) is 6.07 Å². The van der Waals surface area contributed by atoms with Crippen molar-refractivity contribution in [3.05, 3.63) is 130 Å². The third-order valence-corrected chi connectivity index (χ3v) is 13.8. The van der Waals surface area contributed by atoms with Crippen LogP contribution < -0.4 is 0 Å². The van der Waals surface area contributed by atoms with Crippen LogP contribution in [0.2, 0.25) is 51.4 Å². The highest BCUT2D eigenvalue weighted by atomic mass is 28.3. The lowest BCUT2D eigenvalue weighted by atomic mass is 10.1. The maximum Gasteiger partial charge on any atom is 0.186 e. The number of aliphatic hydroxyl groups is 1. The molecule has 18 nitrogen and oxygen atoms in total. The van der Waals surface area contributed by atoms with Gasteiger partial charge in [-0.3, -0.25) is 14.4 Å². The molecular weight excluding hydrogens is 919 g/mol. The topological polar surface area (TPSA) is 198 Å². The molecule has 2 aliphatic rings. The van der Waals surface area contributed by atoms with Crippen LogP contribution in [0, 0.1) is 11.6 Å². The largest absolute Gasteiger partial charge is 0.380 e. The molecule has 364 valence electrons. The summed E-state index contributed by atoms with van der Waals surface area (Å²) in [7, 11) is -2.36. The van der Waals surface area contributed by atoms with E-state index in [9.17, 15) is 28.3 Å². The zero-order valence-corrected chi connectivity index (χ0v) is 41.0. The van der Waals surface area contributed by atoms with Gasteiger partial charge >= 0.3 is 0 Å². The number of halogens is 2. The number of aromatic nitrogens is 8. The molecule has 1 unspecified atom stereocenters. The third kappa shape index (κ3) is 14.4. The Labute approximate surface area is 394 Å². The van der Waals surface area contributed by atoms with E-state index in [1.165, 1.54) is 56.6 Å². The van der Waals surface area contributed by atoms with Crippen LogP contribution >= 0.6 is 0 Å². The fourth-order valence-corrected chi connectivity index (χ4v) is 8.30. The molecule has 1 atom stereocenters. The number of nitrogens with zero attached hydrogens (tertiary/aromatic N) is 8. The predicted octanol–water partition coefficient (Wildman–Crippen LogP) is 7.34. The molecule has 2 aromatic carbocycles. The molecule has 0 saturated carbocycles. The van der Waals surface area contributed by atoms with Crippen molar-refractivity contribution in [2.45, 2.75) is 83.5 Å². The summed E-state index contributed by atoms with van der Waals surface area (Å²) in [5.74, 6) is -0.744. The molecule has 22 heteroatoms. The Morgan fingerprint density at radius 3 is 1.74 bits per heavy atom. The molecule has 2 fully saturated rings. The number of ether oxygens (including phenoxy) is 6. The van der Waals surface area contributed by atoms with Crippen LogP contribution in [0.4, 0.5) is 8.78 Å². The number of carbonyl (C=O) groups is 3. The number of hydrogen-bond donors (Lipinski definition) is 1. The number of carbonyl (C=O) groups excluding carboxylic acids is 3. The first-order chi connectivity index (χ1) is 32.6. The normalized spacial score (nSPS) is 14.8. The van der Waals surface area contributed by atoms with Gasteiger partial charge in [-0.25, -0.2) is 27.5 Å². The molecule has 0 spiro atoms. The van der Waals surface area contributed by atoms with Crippen LogP contribution in [0.1, 0.15) is 72.7 Å². The summed E-state index contributed by atoms with van der Waals surface area (Å²) in [6, 6.07) is 17.2. The van der Waals surface area contributed by atoms with E-state index in [4.69, 9.17) is 28.4 Å². The Morgan fingerprint density at radius 1 is 0.676 bits per heavy atom. The van der Waals surface area contributed by atoms with E-state index in [0.717, 1.165) is 17.8 Å². The monoisotopic (exact) mass is 976 g/mol. The van der Waals surface area contributed by atoms with E-state index in [0.29, 0.717) is 92.4 Å². The molecule has 8 rings (SSSR count). The third-order valence-electron chi connectivity index (χ3n) is 10.4. The van der Waals surface area contributed by atoms with E-state index in [1.54, 1.807) is 35.3 Å². The molecule has 0 radical (unpaired) electrons. The highest BCUT2D eigenvalue weighted by molar-refractivity contribution is 6.76. The van der Waals surface area contributed by atoms with E-state index in [2.05, 4.69) is 59.7 Å². The molecule has 2 aliphatic heterocycles. The van der Waals surface area contributed by atoms with Crippen molar-refractivity contribution >= 4 is 35.0 Å². The molecule has 0 amide bonds. The molecule has 4 aromatic heterocycles. The van der Waals surface area contributed by atoms with Gasteiger partial charge in [0.1, 0.15) is 48.3 Å². The number of aldehydes is 3. The van der Waals surface area contributed by atoms with Gasteiger partial charge in [0.15, 0.2) is 31.4 Å². The lowest BCUT2D eigenvalue weighted by Crippen LogP contribution is -2.22. The van der Waals surface area contributed by atoms with Crippen molar-refractivity contribution in [3.8, 4) is 11.4 Å². The quantitative estimate of drug-likeness (QED) is 0.0481. The van der Waals surface area contributed by atoms with Crippen molar-refractivity contribution in [3.63, 3.8) is 0 Å². The van der Waals surface area contributed by atoms with Gasteiger partial charge < -0.3 is 33.5 Å². The van der Waals surface area contributed by atoms with Gasteiger partial charge in [-0.1, -0.05) is 39.3 Å². The first kappa shape index (κ1) is 51.7. The van der Waals surface area contributed by atoms with Gasteiger partial charge in [0.05, 0.1) is 49.2 Å². The van der Waals surface area contributed by atoms with Crippen LogP contribution in [0.5, 0.6) is 0 Å². The van der Waals surface area contributed by atoms with E-state index < -0.39 is 40.6 Å². The number of benzene rings is 2. The average Bonchev–Trinajstić information content (AvgIpc) is 4.17. The highest BCUT2D eigenvalue weighted by Gasteiger charge is 2.28. The van der Waals surface area contributed by atoms with Crippen molar-refractivity contribution in [1.82, 2.24) is 39.1 Å². The Kier molecular flexibility index (Phi) is 18.3. The maximum atomic E-state index is 14.0. The second-order valence-electron chi connectivity index (χ2n) is 18.1. The summed E-state index contributed by atoms with van der Waals surface area (Å²) in [6.07, 6.45) is 4.50. The molecule has 6 aromatic rings. The summed E-state index contributed by atoms with van der Waals surface area (Å²) in [5, 5.41) is 27.9. The first-order valence-corrected chi connectivity index (χ1v) is 29.4. The molecule has 68 heavy (non-hydrogen) atoms. The minimum atomic E-state index is -1.26. The van der Waals surface area contributed by atoms with Gasteiger partial charge in [-0.15, -0.1) is 0 Å². The van der Waals surface area contributed by atoms with E-state index in [-0.39, 0.29) is 30.7 Å². The Morgan fingerprint density at radius 2 is 1.21 bits per heavy atom. The summed E-state index contributed by atoms with van der Waals surface area (Å²) < 4.78 is 66.6. The predicted molar refractivity (Wildman–Crippen MR) is 249 cm³/mol. The summed E-state index contributed by atoms with van der Waals surface area (Å²) in [5.41, 5.74) is 3.99. The molecule has 2 saturated heterocycles. The molecule has 0 aliphatic carbocycles. The van der Waals surface area contributed by atoms with Crippen molar-refractivity contribution < 1.29 is 56.7 Å². The molecule has 6 heterocycles. The zero-order valence-electron chi connectivity index (χ0n) is 39.0. The fourth-order valence-electron chi connectivity index (χ4n) is 6.79. The van der Waals surface area contributed by atoms with Crippen LogP contribution in [-0.4, -0.2) is 119 Å². The van der Waals surface area contributed by atoms with Gasteiger partial charge in [-0.05, 0) is 72.8 Å². The number of hydrogen-bond acceptors (Lipinski definition) is 14. The molecular formula is C46H58F2N8O10Si2. The summed E-state index contributed by atoms with van der Waals surface area (Å²) in [4.78, 5) is 32.6. The molecule has 1 N–H and O–H groups in total. The Balaban J connectivity index is 0.000000187. The van der Waals surface area contributed by atoms with Crippen LogP contribution in [0.3, 0.4) is 0 Å². The fraction of sp³-hybridized carbons (Fsp3) is 0.413. The Hall–Kier alpha value is -5.70. The smallest absolute Gasteiger partial charge is 0.186 e. The first-order valence-electron chi connectivity index (χ1n) is 22.0. The van der Waals surface area contributed by atoms with Gasteiger partial charge in [0, 0.05) is 59.1 Å². The second-order valence-corrected chi connectivity index (χ2v) is 29.4. The van der Waals surface area contributed by atoms with E-state index >= 15 is 0 Å². The zero-order chi connectivity index (χ0) is 48.8. The van der Waals surface area contributed by atoms with Gasteiger partial charge in [0.25, 0.3) is 0 Å². The average molecular weight is 977 g/mol. The van der Waals surface area contributed by atoms with Crippen molar-refractivity contribution in [1.29, 1.82) is 0 Å². The van der Waals surface area contributed by atoms with Crippen LogP contribution in [0.15, 0.2) is 79.3 Å².